The highest BCUT2D eigenvalue weighted by molar-refractivity contribution is 5.31. The molecule has 0 spiro atoms. The minimum atomic E-state index is 0.726. The molecule has 102 valence electrons. The lowest BCUT2D eigenvalue weighted by molar-refractivity contribution is 0.0115. The molecule has 0 amide bonds. The van der Waals surface area contributed by atoms with Crippen molar-refractivity contribution in [1.29, 1.82) is 0 Å². The SMILES string of the molecule is CCCC1(CCC)CC(C(C)C2=CC=C(C)C2)C1. The van der Waals surface area contributed by atoms with Gasteiger partial charge in [0.05, 0.1) is 0 Å². The van der Waals surface area contributed by atoms with Gasteiger partial charge in [-0.1, -0.05) is 56.9 Å². The Balaban J connectivity index is 1.87. The molecule has 18 heavy (non-hydrogen) atoms. The van der Waals surface area contributed by atoms with Gasteiger partial charge in [0.1, 0.15) is 0 Å². The van der Waals surface area contributed by atoms with Crippen LogP contribution < -0.4 is 0 Å². The fraction of sp³-hybridized carbons (Fsp3) is 0.778. The first kappa shape index (κ1) is 13.9. The maximum atomic E-state index is 2.46. The van der Waals surface area contributed by atoms with Gasteiger partial charge in [-0.05, 0) is 56.3 Å². The zero-order chi connectivity index (χ0) is 13.2. The van der Waals surface area contributed by atoms with E-state index in [2.05, 4.69) is 39.8 Å². The monoisotopic (exact) mass is 246 g/mol. The van der Waals surface area contributed by atoms with Crippen molar-refractivity contribution in [3.05, 3.63) is 23.3 Å². The summed E-state index contributed by atoms with van der Waals surface area (Å²) in [6, 6.07) is 0. The van der Waals surface area contributed by atoms with E-state index < -0.39 is 0 Å². The Morgan fingerprint density at radius 2 is 1.78 bits per heavy atom. The molecule has 0 nitrogen and oxygen atoms in total. The predicted molar refractivity (Wildman–Crippen MR) is 80.6 cm³/mol. The van der Waals surface area contributed by atoms with Gasteiger partial charge in [-0.15, -0.1) is 0 Å². The highest BCUT2D eigenvalue weighted by atomic mass is 14.5. The van der Waals surface area contributed by atoms with Crippen molar-refractivity contribution in [2.24, 2.45) is 17.3 Å². The molecule has 0 heterocycles. The van der Waals surface area contributed by atoms with Crippen molar-refractivity contribution in [1.82, 2.24) is 0 Å². The van der Waals surface area contributed by atoms with Crippen LogP contribution in [0, 0.1) is 17.3 Å². The molecule has 0 heteroatoms. The summed E-state index contributed by atoms with van der Waals surface area (Å²) in [5.74, 6) is 1.79. The van der Waals surface area contributed by atoms with E-state index in [1.165, 1.54) is 44.9 Å². The summed E-state index contributed by atoms with van der Waals surface area (Å²) in [6.45, 7) is 9.42. The first-order chi connectivity index (χ1) is 8.60. The molecule has 1 unspecified atom stereocenters. The first-order valence-corrected chi connectivity index (χ1v) is 7.96. The Kier molecular flexibility index (Phi) is 4.35. The first-order valence-electron chi connectivity index (χ1n) is 7.96. The Hall–Kier alpha value is -0.520. The highest BCUT2D eigenvalue weighted by Gasteiger charge is 2.44. The summed E-state index contributed by atoms with van der Waals surface area (Å²) in [5, 5.41) is 0. The van der Waals surface area contributed by atoms with Crippen molar-refractivity contribution in [3.63, 3.8) is 0 Å². The summed E-state index contributed by atoms with van der Waals surface area (Å²) in [7, 11) is 0. The van der Waals surface area contributed by atoms with Gasteiger partial charge in [-0.3, -0.25) is 0 Å². The lowest BCUT2D eigenvalue weighted by Gasteiger charge is -2.51. The zero-order valence-electron chi connectivity index (χ0n) is 12.8. The van der Waals surface area contributed by atoms with Gasteiger partial charge in [0.2, 0.25) is 0 Å². The van der Waals surface area contributed by atoms with Gasteiger partial charge in [-0.25, -0.2) is 0 Å². The molecule has 0 saturated heterocycles. The molecule has 1 atom stereocenters. The van der Waals surface area contributed by atoms with Crippen LogP contribution in [0.5, 0.6) is 0 Å². The topological polar surface area (TPSA) is 0 Å². The maximum absolute atomic E-state index is 2.46. The smallest absolute Gasteiger partial charge is 0.0102 e. The Bertz CT molecular complexity index is 331. The third-order valence-electron chi connectivity index (χ3n) is 5.31. The average molecular weight is 246 g/mol. The molecule has 0 aromatic rings. The van der Waals surface area contributed by atoms with Crippen LogP contribution in [0.4, 0.5) is 0 Å². The highest BCUT2D eigenvalue weighted by Crippen LogP contribution is 2.56. The van der Waals surface area contributed by atoms with Crippen molar-refractivity contribution in [2.45, 2.75) is 72.6 Å². The molecule has 2 aliphatic rings. The summed E-state index contributed by atoms with van der Waals surface area (Å²) < 4.78 is 0. The van der Waals surface area contributed by atoms with Crippen LogP contribution in [-0.4, -0.2) is 0 Å². The summed E-state index contributed by atoms with van der Waals surface area (Å²) >= 11 is 0. The molecule has 0 radical (unpaired) electrons. The third-order valence-corrected chi connectivity index (χ3v) is 5.31. The van der Waals surface area contributed by atoms with Crippen molar-refractivity contribution < 1.29 is 0 Å². The van der Waals surface area contributed by atoms with E-state index in [9.17, 15) is 0 Å². The Morgan fingerprint density at radius 3 is 2.22 bits per heavy atom. The van der Waals surface area contributed by atoms with Crippen LogP contribution in [0.25, 0.3) is 0 Å². The number of rotatable bonds is 6. The molecule has 0 aliphatic heterocycles. The standard InChI is InChI=1S/C18H30/c1-5-9-18(10-6-2)12-17(13-18)15(4)16-8-7-14(3)11-16/h7-8,15,17H,5-6,9-13H2,1-4H3. The van der Waals surface area contributed by atoms with Crippen molar-refractivity contribution in [2.75, 3.05) is 0 Å². The van der Waals surface area contributed by atoms with Gasteiger partial charge >= 0.3 is 0 Å². The summed E-state index contributed by atoms with van der Waals surface area (Å²) in [5.41, 5.74) is 3.97. The minimum absolute atomic E-state index is 0.726. The van der Waals surface area contributed by atoms with Gasteiger partial charge in [0.15, 0.2) is 0 Å². The van der Waals surface area contributed by atoms with E-state index in [-0.39, 0.29) is 0 Å². The summed E-state index contributed by atoms with van der Waals surface area (Å²) in [6.07, 6.45) is 14.6. The second kappa shape index (κ2) is 5.63. The Labute approximate surface area is 114 Å². The average Bonchev–Trinajstić information content (AvgIpc) is 2.71. The van der Waals surface area contributed by atoms with E-state index in [1.807, 2.05) is 0 Å². The number of hydrogen-bond acceptors (Lipinski definition) is 0. The fourth-order valence-electron chi connectivity index (χ4n) is 4.30. The second-order valence-corrected chi connectivity index (χ2v) is 6.89. The van der Waals surface area contributed by atoms with E-state index >= 15 is 0 Å². The molecule has 0 aromatic heterocycles. The quantitative estimate of drug-likeness (QED) is 0.547. The second-order valence-electron chi connectivity index (χ2n) is 6.89. The van der Waals surface area contributed by atoms with E-state index in [0.29, 0.717) is 0 Å². The zero-order valence-corrected chi connectivity index (χ0v) is 12.8. The molecule has 1 fully saturated rings. The van der Waals surface area contributed by atoms with Gasteiger partial charge < -0.3 is 0 Å². The largest absolute Gasteiger partial charge is 0.0693 e. The normalized spacial score (nSPS) is 24.4. The van der Waals surface area contributed by atoms with Crippen LogP contribution in [-0.2, 0) is 0 Å². The van der Waals surface area contributed by atoms with E-state index in [0.717, 1.165) is 17.3 Å². The van der Waals surface area contributed by atoms with Crippen LogP contribution in [0.3, 0.4) is 0 Å². The van der Waals surface area contributed by atoms with Gasteiger partial charge in [0.25, 0.3) is 0 Å². The lowest BCUT2D eigenvalue weighted by Crippen LogP contribution is -2.40. The Morgan fingerprint density at radius 1 is 1.17 bits per heavy atom. The molecule has 2 rings (SSSR count). The lowest BCUT2D eigenvalue weighted by atomic mass is 9.54. The third kappa shape index (κ3) is 2.73. The fourth-order valence-corrected chi connectivity index (χ4v) is 4.30. The van der Waals surface area contributed by atoms with E-state index in [4.69, 9.17) is 0 Å². The molecule has 0 aromatic carbocycles. The van der Waals surface area contributed by atoms with Crippen LogP contribution >= 0.6 is 0 Å². The maximum Gasteiger partial charge on any atom is -0.0102 e. The molecule has 2 aliphatic carbocycles. The molecular formula is C18H30. The molecule has 0 N–H and O–H groups in total. The minimum Gasteiger partial charge on any atom is -0.0693 e. The van der Waals surface area contributed by atoms with Crippen molar-refractivity contribution >= 4 is 0 Å². The van der Waals surface area contributed by atoms with Crippen LogP contribution in [0.1, 0.15) is 72.6 Å². The number of hydrogen-bond donors (Lipinski definition) is 0. The van der Waals surface area contributed by atoms with Crippen LogP contribution in [0.15, 0.2) is 23.3 Å². The molecule has 0 bridgehead atoms. The van der Waals surface area contributed by atoms with E-state index in [1.54, 1.807) is 11.1 Å². The van der Waals surface area contributed by atoms with Gasteiger partial charge in [-0.2, -0.15) is 0 Å². The molecular weight excluding hydrogens is 216 g/mol. The number of allylic oxidation sites excluding steroid dienone is 4. The summed E-state index contributed by atoms with van der Waals surface area (Å²) in [4.78, 5) is 0. The van der Waals surface area contributed by atoms with Crippen LogP contribution in [0.2, 0.25) is 0 Å². The molecule has 1 saturated carbocycles. The van der Waals surface area contributed by atoms with Crippen molar-refractivity contribution in [3.8, 4) is 0 Å². The van der Waals surface area contributed by atoms with Gasteiger partial charge in [0, 0.05) is 0 Å². The predicted octanol–water partition coefficient (Wildman–Crippen LogP) is 5.90.